The molecule has 1 aliphatic heterocycles. The maximum absolute atomic E-state index is 8.56. The Hall–Kier alpha value is 0.650. The molecule has 0 aromatic rings. The van der Waals surface area contributed by atoms with Crippen LogP contribution in [0.15, 0.2) is 0 Å². The lowest BCUT2D eigenvalue weighted by Gasteiger charge is -2.03. The molecule has 1 unspecified atom stereocenters. The number of hydrogen-bond acceptors (Lipinski definition) is 2. The Morgan fingerprint density at radius 3 is 2.62 bits per heavy atom. The average molecular weight is 228 g/mol. The molecule has 2 atom stereocenters. The van der Waals surface area contributed by atoms with Crippen molar-refractivity contribution in [1.29, 1.82) is 0 Å². The molecule has 0 bridgehead atoms. The van der Waals surface area contributed by atoms with E-state index in [0.717, 1.165) is 12.8 Å². The topological polar surface area (TPSA) is 29.5 Å². The van der Waals surface area contributed by atoms with Gasteiger partial charge >= 0.3 is 0 Å². The fourth-order valence-electron chi connectivity index (χ4n) is 0.796. The van der Waals surface area contributed by atoms with Crippen LogP contribution >= 0.6 is 22.6 Å². The van der Waals surface area contributed by atoms with Gasteiger partial charge in [0.25, 0.3) is 0 Å². The van der Waals surface area contributed by atoms with Crippen molar-refractivity contribution in [1.82, 2.24) is 0 Å². The summed E-state index contributed by atoms with van der Waals surface area (Å²) >= 11 is 2.24. The normalized spacial score (nSPS) is 38.2. The van der Waals surface area contributed by atoms with Crippen LogP contribution in [-0.4, -0.2) is 21.9 Å². The molecule has 1 rings (SSSR count). The van der Waals surface area contributed by atoms with Crippen LogP contribution in [0.5, 0.6) is 0 Å². The summed E-state index contributed by atoms with van der Waals surface area (Å²) in [5.74, 6) is 0. The summed E-state index contributed by atoms with van der Waals surface area (Å²) in [5, 5.41) is 8.56. The maximum Gasteiger partial charge on any atom is 0.109 e. The van der Waals surface area contributed by atoms with Gasteiger partial charge in [-0.05, 0) is 12.8 Å². The van der Waals surface area contributed by atoms with E-state index >= 15 is 0 Å². The van der Waals surface area contributed by atoms with Crippen molar-refractivity contribution in [3.05, 3.63) is 0 Å². The van der Waals surface area contributed by atoms with Crippen molar-refractivity contribution >= 4 is 22.6 Å². The number of alkyl halides is 1. The lowest BCUT2D eigenvalue weighted by molar-refractivity contribution is 0.0520. The van der Waals surface area contributed by atoms with Crippen LogP contribution in [0.25, 0.3) is 0 Å². The number of ether oxygens (including phenoxy) is 1. The summed E-state index contributed by atoms with van der Waals surface area (Å²) in [4.78, 5) is 0. The van der Waals surface area contributed by atoms with E-state index < -0.39 is 0 Å². The third kappa shape index (κ3) is 1.56. The van der Waals surface area contributed by atoms with Crippen molar-refractivity contribution in [2.24, 2.45) is 0 Å². The van der Waals surface area contributed by atoms with Crippen LogP contribution in [-0.2, 0) is 4.74 Å². The molecule has 0 amide bonds. The SMILES string of the molecule is OC[C@@H]1CCC(I)O1. The summed E-state index contributed by atoms with van der Waals surface area (Å²) in [7, 11) is 0. The molecule has 1 saturated heterocycles. The van der Waals surface area contributed by atoms with Gasteiger partial charge < -0.3 is 9.84 Å². The van der Waals surface area contributed by atoms with Gasteiger partial charge in [0, 0.05) is 0 Å². The van der Waals surface area contributed by atoms with Gasteiger partial charge in [-0.1, -0.05) is 22.6 Å². The largest absolute Gasteiger partial charge is 0.394 e. The molecule has 48 valence electrons. The first-order chi connectivity index (χ1) is 3.83. The highest BCUT2D eigenvalue weighted by Crippen LogP contribution is 2.23. The summed E-state index contributed by atoms with van der Waals surface area (Å²) in [6.07, 6.45) is 2.23. The molecule has 0 aromatic carbocycles. The Morgan fingerprint density at radius 1 is 1.62 bits per heavy atom. The predicted molar refractivity (Wildman–Crippen MR) is 39.0 cm³/mol. The van der Waals surface area contributed by atoms with Crippen molar-refractivity contribution < 1.29 is 9.84 Å². The van der Waals surface area contributed by atoms with Crippen LogP contribution in [0.2, 0.25) is 0 Å². The highest BCUT2D eigenvalue weighted by molar-refractivity contribution is 14.1. The summed E-state index contributed by atoms with van der Waals surface area (Å²) < 4.78 is 5.58. The van der Waals surface area contributed by atoms with Crippen LogP contribution in [0.1, 0.15) is 12.8 Å². The van der Waals surface area contributed by atoms with Crippen molar-refractivity contribution in [2.45, 2.75) is 23.1 Å². The molecule has 0 aliphatic carbocycles. The number of rotatable bonds is 1. The predicted octanol–water partition coefficient (Wildman–Crippen LogP) is 0.919. The lowest BCUT2D eigenvalue weighted by atomic mass is 10.2. The first kappa shape index (κ1) is 6.77. The van der Waals surface area contributed by atoms with E-state index in [9.17, 15) is 0 Å². The molecule has 2 nitrogen and oxygen atoms in total. The molecule has 0 radical (unpaired) electrons. The average Bonchev–Trinajstić information content (AvgIpc) is 2.14. The van der Waals surface area contributed by atoms with Crippen LogP contribution in [0, 0.1) is 0 Å². The minimum absolute atomic E-state index is 0.122. The van der Waals surface area contributed by atoms with E-state index in [4.69, 9.17) is 9.84 Å². The standard InChI is InChI=1S/C5H9IO2/c6-5-2-1-4(3-7)8-5/h4-5,7H,1-3H2/t4-,5?/m0/s1. The van der Waals surface area contributed by atoms with Gasteiger partial charge in [0.1, 0.15) is 4.11 Å². The van der Waals surface area contributed by atoms with Crippen molar-refractivity contribution in [3.63, 3.8) is 0 Å². The van der Waals surface area contributed by atoms with Gasteiger partial charge in [-0.25, -0.2) is 0 Å². The van der Waals surface area contributed by atoms with E-state index in [-0.39, 0.29) is 12.7 Å². The molecule has 0 aromatic heterocycles. The number of aliphatic hydroxyl groups is 1. The van der Waals surface area contributed by atoms with Gasteiger partial charge in [-0.2, -0.15) is 0 Å². The third-order valence-electron chi connectivity index (χ3n) is 1.26. The van der Waals surface area contributed by atoms with E-state index in [1.165, 1.54) is 0 Å². The van der Waals surface area contributed by atoms with Crippen molar-refractivity contribution in [3.8, 4) is 0 Å². The summed E-state index contributed by atoms with van der Waals surface area (Å²) in [6.45, 7) is 0.180. The fraction of sp³-hybridized carbons (Fsp3) is 1.00. The van der Waals surface area contributed by atoms with Gasteiger partial charge in [-0.3, -0.25) is 0 Å². The number of halogens is 1. The van der Waals surface area contributed by atoms with E-state index in [2.05, 4.69) is 22.6 Å². The second kappa shape index (κ2) is 2.98. The van der Waals surface area contributed by atoms with Gasteiger partial charge in [0.15, 0.2) is 0 Å². The molecule has 3 heteroatoms. The first-order valence-corrected chi connectivity index (χ1v) is 3.98. The zero-order valence-electron chi connectivity index (χ0n) is 4.51. The Balaban J connectivity index is 2.22. The van der Waals surface area contributed by atoms with Crippen molar-refractivity contribution in [2.75, 3.05) is 6.61 Å². The van der Waals surface area contributed by atoms with Crippen LogP contribution < -0.4 is 0 Å². The van der Waals surface area contributed by atoms with Gasteiger partial charge in [0.2, 0.25) is 0 Å². The monoisotopic (exact) mass is 228 g/mol. The molecule has 0 saturated carbocycles. The molecule has 1 fully saturated rings. The van der Waals surface area contributed by atoms with Gasteiger partial charge in [0.05, 0.1) is 12.7 Å². The van der Waals surface area contributed by atoms with Gasteiger partial charge in [-0.15, -0.1) is 0 Å². The molecular weight excluding hydrogens is 219 g/mol. The molecule has 1 heterocycles. The maximum atomic E-state index is 8.56. The fourth-order valence-corrected chi connectivity index (χ4v) is 1.57. The zero-order valence-corrected chi connectivity index (χ0v) is 6.67. The first-order valence-electron chi connectivity index (χ1n) is 2.73. The second-order valence-electron chi connectivity index (χ2n) is 1.93. The van der Waals surface area contributed by atoms with E-state index in [1.807, 2.05) is 0 Å². The lowest BCUT2D eigenvalue weighted by Crippen LogP contribution is -2.10. The summed E-state index contributed by atoms with van der Waals surface area (Å²) in [6, 6.07) is 0. The van der Waals surface area contributed by atoms with E-state index in [1.54, 1.807) is 0 Å². The number of aliphatic hydroxyl groups excluding tert-OH is 1. The second-order valence-corrected chi connectivity index (χ2v) is 3.32. The highest BCUT2D eigenvalue weighted by Gasteiger charge is 2.21. The minimum atomic E-state index is 0.122. The quantitative estimate of drug-likeness (QED) is 0.534. The Morgan fingerprint density at radius 2 is 2.38 bits per heavy atom. The molecule has 0 spiro atoms. The molecule has 8 heavy (non-hydrogen) atoms. The minimum Gasteiger partial charge on any atom is -0.394 e. The molecular formula is C5H9IO2. The summed E-state index contributed by atoms with van der Waals surface area (Å²) in [5.41, 5.74) is 0. The van der Waals surface area contributed by atoms with Crippen LogP contribution in [0.3, 0.4) is 0 Å². The van der Waals surface area contributed by atoms with E-state index in [0.29, 0.717) is 4.11 Å². The number of hydrogen-bond donors (Lipinski definition) is 1. The Bertz CT molecular complexity index is 76.8. The third-order valence-corrected chi connectivity index (χ3v) is 2.18. The van der Waals surface area contributed by atoms with Crippen LogP contribution in [0.4, 0.5) is 0 Å². The molecule has 1 N–H and O–H groups in total. The Labute approximate surface area is 62.4 Å². The zero-order chi connectivity index (χ0) is 5.98. The smallest absolute Gasteiger partial charge is 0.109 e. The Kier molecular flexibility index (Phi) is 2.52. The highest BCUT2D eigenvalue weighted by atomic mass is 127. The molecule has 1 aliphatic rings.